The Labute approximate surface area is 115 Å². The largest absolute Gasteiger partial charge is 0.497 e. The van der Waals surface area contributed by atoms with Crippen molar-refractivity contribution in [1.29, 1.82) is 0 Å². The molecule has 106 valence electrons. The van der Waals surface area contributed by atoms with Crippen LogP contribution in [0, 0.1) is 5.92 Å². The molecule has 1 aromatic carbocycles. The predicted octanol–water partition coefficient (Wildman–Crippen LogP) is 1.79. The summed E-state index contributed by atoms with van der Waals surface area (Å²) < 4.78 is 10.6. The van der Waals surface area contributed by atoms with Gasteiger partial charge in [0.05, 0.1) is 14.2 Å². The van der Waals surface area contributed by atoms with E-state index in [1.165, 1.54) is 12.0 Å². The van der Waals surface area contributed by atoms with Gasteiger partial charge >= 0.3 is 0 Å². The van der Waals surface area contributed by atoms with Gasteiger partial charge < -0.3 is 20.1 Å². The Balaban J connectivity index is 1.98. The van der Waals surface area contributed by atoms with Gasteiger partial charge in [-0.2, -0.15) is 0 Å². The molecule has 0 bridgehead atoms. The van der Waals surface area contributed by atoms with E-state index in [1.54, 1.807) is 14.2 Å². The smallest absolute Gasteiger partial charge is 0.127 e. The Hall–Kier alpha value is -1.26. The van der Waals surface area contributed by atoms with Gasteiger partial charge in [-0.05, 0) is 31.5 Å². The van der Waals surface area contributed by atoms with Crippen LogP contribution < -0.4 is 20.1 Å². The maximum atomic E-state index is 5.42. The van der Waals surface area contributed by atoms with Gasteiger partial charge in [0.2, 0.25) is 0 Å². The molecule has 1 saturated heterocycles. The second-order valence-electron chi connectivity index (χ2n) is 5.14. The van der Waals surface area contributed by atoms with Gasteiger partial charge in [0.1, 0.15) is 11.5 Å². The second-order valence-corrected chi connectivity index (χ2v) is 5.14. The molecule has 4 nitrogen and oxygen atoms in total. The van der Waals surface area contributed by atoms with Gasteiger partial charge in [0, 0.05) is 24.2 Å². The number of nitrogens with one attached hydrogen (secondary N) is 2. The Morgan fingerprint density at radius 3 is 2.84 bits per heavy atom. The normalized spacial score (nSPS) is 23.1. The summed E-state index contributed by atoms with van der Waals surface area (Å²) in [4.78, 5) is 0. The number of rotatable bonds is 5. The Morgan fingerprint density at radius 2 is 2.16 bits per heavy atom. The SMILES string of the molecule is COc1ccc(CNC2CCNCC2C)c(OC)c1. The van der Waals surface area contributed by atoms with Crippen LogP contribution in [0.5, 0.6) is 11.5 Å². The van der Waals surface area contributed by atoms with Crippen LogP contribution in [0.3, 0.4) is 0 Å². The maximum absolute atomic E-state index is 5.42. The third-order valence-corrected chi connectivity index (χ3v) is 3.83. The fourth-order valence-corrected chi connectivity index (χ4v) is 2.56. The summed E-state index contributed by atoms with van der Waals surface area (Å²) in [5.74, 6) is 2.38. The molecule has 1 fully saturated rings. The van der Waals surface area contributed by atoms with Crippen molar-refractivity contribution in [3.05, 3.63) is 23.8 Å². The van der Waals surface area contributed by atoms with Crippen LogP contribution in [0.1, 0.15) is 18.9 Å². The molecule has 1 heterocycles. The highest BCUT2D eigenvalue weighted by atomic mass is 16.5. The lowest BCUT2D eigenvalue weighted by Gasteiger charge is -2.30. The van der Waals surface area contributed by atoms with Gasteiger partial charge in [-0.1, -0.05) is 13.0 Å². The topological polar surface area (TPSA) is 42.5 Å². The zero-order valence-electron chi connectivity index (χ0n) is 12.0. The molecular weight excluding hydrogens is 240 g/mol. The summed E-state index contributed by atoms with van der Waals surface area (Å²) in [6.07, 6.45) is 1.18. The molecule has 2 atom stereocenters. The quantitative estimate of drug-likeness (QED) is 0.851. The van der Waals surface area contributed by atoms with Crippen LogP contribution in [0.25, 0.3) is 0 Å². The first-order valence-corrected chi connectivity index (χ1v) is 6.89. The van der Waals surface area contributed by atoms with Gasteiger partial charge in [-0.3, -0.25) is 0 Å². The summed E-state index contributed by atoms with van der Waals surface area (Å²) in [5.41, 5.74) is 1.18. The van der Waals surface area contributed by atoms with Crippen molar-refractivity contribution < 1.29 is 9.47 Å². The van der Waals surface area contributed by atoms with Crippen molar-refractivity contribution in [3.8, 4) is 11.5 Å². The summed E-state index contributed by atoms with van der Waals surface area (Å²) in [6, 6.07) is 6.55. The Kier molecular flexibility index (Phi) is 5.05. The van der Waals surface area contributed by atoms with Crippen molar-refractivity contribution >= 4 is 0 Å². The monoisotopic (exact) mass is 264 g/mol. The van der Waals surface area contributed by atoms with Gasteiger partial charge in [-0.25, -0.2) is 0 Å². The van der Waals surface area contributed by atoms with Crippen molar-refractivity contribution in [3.63, 3.8) is 0 Å². The standard InChI is InChI=1S/C15H24N2O2/c1-11-9-16-7-6-14(11)17-10-12-4-5-13(18-2)8-15(12)19-3/h4-5,8,11,14,16-17H,6-7,9-10H2,1-3H3. The van der Waals surface area contributed by atoms with Crippen LogP contribution in [0.4, 0.5) is 0 Å². The average Bonchev–Trinajstić information content (AvgIpc) is 2.46. The molecule has 0 aromatic heterocycles. The number of hydrogen-bond donors (Lipinski definition) is 2. The van der Waals surface area contributed by atoms with Crippen LogP contribution in [-0.2, 0) is 6.54 Å². The zero-order chi connectivity index (χ0) is 13.7. The van der Waals surface area contributed by atoms with E-state index in [0.29, 0.717) is 12.0 Å². The number of ether oxygens (including phenoxy) is 2. The maximum Gasteiger partial charge on any atom is 0.127 e. The van der Waals surface area contributed by atoms with Crippen molar-refractivity contribution in [2.75, 3.05) is 27.3 Å². The highest BCUT2D eigenvalue weighted by Crippen LogP contribution is 2.24. The van der Waals surface area contributed by atoms with Gasteiger partial charge in [0.25, 0.3) is 0 Å². The van der Waals surface area contributed by atoms with E-state index in [-0.39, 0.29) is 0 Å². The molecule has 0 spiro atoms. The minimum Gasteiger partial charge on any atom is -0.497 e. The van der Waals surface area contributed by atoms with Crippen LogP contribution >= 0.6 is 0 Å². The van der Waals surface area contributed by atoms with Crippen molar-refractivity contribution in [1.82, 2.24) is 10.6 Å². The highest BCUT2D eigenvalue weighted by Gasteiger charge is 2.20. The first-order valence-electron chi connectivity index (χ1n) is 6.89. The van der Waals surface area contributed by atoms with E-state index in [2.05, 4.69) is 23.6 Å². The third kappa shape index (κ3) is 3.61. The molecule has 1 aliphatic rings. The summed E-state index contributed by atoms with van der Waals surface area (Å²) in [7, 11) is 3.37. The molecule has 4 heteroatoms. The second kappa shape index (κ2) is 6.78. The fraction of sp³-hybridized carbons (Fsp3) is 0.600. The number of piperidine rings is 1. The number of benzene rings is 1. The first kappa shape index (κ1) is 14.2. The Bertz CT molecular complexity index is 409. The highest BCUT2D eigenvalue weighted by molar-refractivity contribution is 5.40. The zero-order valence-corrected chi connectivity index (χ0v) is 12.0. The molecule has 1 aliphatic heterocycles. The molecule has 2 N–H and O–H groups in total. The minimum absolute atomic E-state index is 0.577. The molecule has 2 rings (SSSR count). The molecule has 19 heavy (non-hydrogen) atoms. The predicted molar refractivity (Wildman–Crippen MR) is 76.8 cm³/mol. The summed E-state index contributed by atoms with van der Waals surface area (Å²) in [6.45, 7) is 5.32. The number of hydrogen-bond acceptors (Lipinski definition) is 4. The lowest BCUT2D eigenvalue weighted by atomic mass is 9.95. The van der Waals surface area contributed by atoms with Crippen molar-refractivity contribution in [2.45, 2.75) is 25.9 Å². The van der Waals surface area contributed by atoms with E-state index in [1.807, 2.05) is 12.1 Å². The molecule has 0 aliphatic carbocycles. The van der Waals surface area contributed by atoms with E-state index >= 15 is 0 Å². The van der Waals surface area contributed by atoms with Gasteiger partial charge in [-0.15, -0.1) is 0 Å². The average molecular weight is 264 g/mol. The Morgan fingerprint density at radius 1 is 1.32 bits per heavy atom. The fourth-order valence-electron chi connectivity index (χ4n) is 2.56. The van der Waals surface area contributed by atoms with Crippen LogP contribution in [-0.4, -0.2) is 33.4 Å². The lowest BCUT2D eigenvalue weighted by molar-refractivity contribution is 0.293. The van der Waals surface area contributed by atoms with E-state index in [4.69, 9.17) is 9.47 Å². The van der Waals surface area contributed by atoms with Crippen LogP contribution in [0.15, 0.2) is 18.2 Å². The van der Waals surface area contributed by atoms with E-state index in [0.717, 1.165) is 31.1 Å². The molecular formula is C15H24N2O2. The molecule has 2 unspecified atom stereocenters. The van der Waals surface area contributed by atoms with Crippen LogP contribution in [0.2, 0.25) is 0 Å². The third-order valence-electron chi connectivity index (χ3n) is 3.83. The number of methoxy groups -OCH3 is 2. The van der Waals surface area contributed by atoms with Gasteiger partial charge in [0.15, 0.2) is 0 Å². The van der Waals surface area contributed by atoms with Crippen molar-refractivity contribution in [2.24, 2.45) is 5.92 Å². The first-order chi connectivity index (χ1) is 9.24. The summed E-state index contributed by atoms with van der Waals surface area (Å²) in [5, 5.41) is 7.06. The van der Waals surface area contributed by atoms with E-state index < -0.39 is 0 Å². The molecule has 0 amide bonds. The lowest BCUT2D eigenvalue weighted by Crippen LogP contribution is -2.46. The molecule has 0 saturated carbocycles. The summed E-state index contributed by atoms with van der Waals surface area (Å²) >= 11 is 0. The van der Waals surface area contributed by atoms with E-state index in [9.17, 15) is 0 Å². The molecule has 1 aromatic rings. The molecule has 0 radical (unpaired) electrons. The minimum atomic E-state index is 0.577.